The van der Waals surface area contributed by atoms with Crippen LogP contribution in [0, 0.1) is 10.1 Å². The first-order chi connectivity index (χ1) is 8.39. The smallest absolute Gasteiger partial charge is 0.417 e. The van der Waals surface area contributed by atoms with Crippen molar-refractivity contribution in [1.82, 2.24) is 4.98 Å². The molecule has 8 heteroatoms. The molecule has 94 valence electrons. The van der Waals surface area contributed by atoms with Gasteiger partial charge in [-0.1, -0.05) is 0 Å². The number of halogens is 3. The summed E-state index contributed by atoms with van der Waals surface area (Å²) in [5.41, 5.74) is -2.05. The number of non-ortho nitro benzene ring substituents is 1. The standard InChI is InChI=1S/C10H5F3N2O3/c11-10(12,13)8-3-6(15(16)17)1-2-7(8)9-4-14-5-18-9/h1-5H. The number of benzene rings is 1. The van der Waals surface area contributed by atoms with E-state index in [1.807, 2.05) is 0 Å². The van der Waals surface area contributed by atoms with Gasteiger partial charge in [-0.05, 0) is 6.07 Å². The molecular weight excluding hydrogens is 253 g/mol. The second-order valence-electron chi connectivity index (χ2n) is 3.35. The minimum atomic E-state index is -4.71. The average molecular weight is 258 g/mol. The van der Waals surface area contributed by atoms with E-state index in [-0.39, 0.29) is 11.3 Å². The number of oxazole rings is 1. The molecule has 5 nitrogen and oxygen atoms in total. The highest BCUT2D eigenvalue weighted by Crippen LogP contribution is 2.38. The third kappa shape index (κ3) is 2.17. The molecule has 0 saturated carbocycles. The van der Waals surface area contributed by atoms with Gasteiger partial charge in [-0.25, -0.2) is 4.98 Å². The first-order valence-electron chi connectivity index (χ1n) is 4.64. The summed E-state index contributed by atoms with van der Waals surface area (Å²) in [7, 11) is 0. The molecule has 0 unspecified atom stereocenters. The molecule has 0 spiro atoms. The van der Waals surface area contributed by atoms with Crippen molar-refractivity contribution in [2.24, 2.45) is 0 Å². The number of hydrogen-bond donors (Lipinski definition) is 0. The van der Waals surface area contributed by atoms with Crippen LogP contribution >= 0.6 is 0 Å². The summed E-state index contributed by atoms with van der Waals surface area (Å²) >= 11 is 0. The third-order valence-corrected chi connectivity index (χ3v) is 2.22. The Morgan fingerprint density at radius 3 is 2.56 bits per heavy atom. The number of aromatic nitrogens is 1. The SMILES string of the molecule is O=[N+]([O-])c1ccc(-c2cnco2)c(C(F)(F)F)c1. The molecule has 0 saturated heterocycles. The number of rotatable bonds is 2. The van der Waals surface area contributed by atoms with Crippen molar-refractivity contribution in [3.8, 4) is 11.3 Å². The maximum atomic E-state index is 12.8. The summed E-state index contributed by atoms with van der Waals surface area (Å²) in [4.78, 5) is 13.1. The van der Waals surface area contributed by atoms with E-state index in [1.165, 1.54) is 0 Å². The quantitative estimate of drug-likeness (QED) is 0.612. The molecule has 1 aromatic heterocycles. The topological polar surface area (TPSA) is 69.2 Å². The van der Waals surface area contributed by atoms with Gasteiger partial charge in [0.05, 0.1) is 16.7 Å². The van der Waals surface area contributed by atoms with Crippen LogP contribution in [-0.4, -0.2) is 9.91 Å². The van der Waals surface area contributed by atoms with Crippen LogP contribution in [0.3, 0.4) is 0 Å². The van der Waals surface area contributed by atoms with Crippen molar-refractivity contribution in [2.45, 2.75) is 6.18 Å². The normalized spacial score (nSPS) is 11.5. The maximum Gasteiger partial charge on any atom is 0.417 e. The van der Waals surface area contributed by atoms with Gasteiger partial charge in [0.25, 0.3) is 5.69 Å². The Kier molecular flexibility index (Phi) is 2.77. The zero-order valence-electron chi connectivity index (χ0n) is 8.64. The Bertz CT molecular complexity index is 579. The van der Waals surface area contributed by atoms with E-state index in [4.69, 9.17) is 4.42 Å². The minimum Gasteiger partial charge on any atom is -0.444 e. The van der Waals surface area contributed by atoms with Gasteiger partial charge in [0, 0.05) is 17.7 Å². The van der Waals surface area contributed by atoms with Crippen molar-refractivity contribution in [2.75, 3.05) is 0 Å². The molecule has 0 aliphatic rings. The van der Waals surface area contributed by atoms with Gasteiger partial charge < -0.3 is 4.42 Å². The first kappa shape index (κ1) is 12.1. The van der Waals surface area contributed by atoms with Crippen molar-refractivity contribution in [3.63, 3.8) is 0 Å². The number of nitro benzene ring substituents is 1. The fraction of sp³-hybridized carbons (Fsp3) is 0.100. The molecular formula is C10H5F3N2O3. The summed E-state index contributed by atoms with van der Waals surface area (Å²) in [6.45, 7) is 0. The van der Waals surface area contributed by atoms with Gasteiger partial charge >= 0.3 is 6.18 Å². The van der Waals surface area contributed by atoms with Crippen LogP contribution in [0.4, 0.5) is 18.9 Å². The van der Waals surface area contributed by atoms with E-state index in [9.17, 15) is 23.3 Å². The first-order valence-corrected chi connectivity index (χ1v) is 4.64. The molecule has 18 heavy (non-hydrogen) atoms. The third-order valence-electron chi connectivity index (χ3n) is 2.22. The Hall–Kier alpha value is -2.38. The Balaban J connectivity index is 2.64. The highest BCUT2D eigenvalue weighted by Gasteiger charge is 2.36. The fourth-order valence-electron chi connectivity index (χ4n) is 1.44. The van der Waals surface area contributed by atoms with Crippen LogP contribution in [0.1, 0.15) is 5.56 Å². The highest BCUT2D eigenvalue weighted by atomic mass is 19.4. The molecule has 0 aliphatic carbocycles. The van der Waals surface area contributed by atoms with Crippen LogP contribution in [0.25, 0.3) is 11.3 Å². The van der Waals surface area contributed by atoms with Gasteiger partial charge in [-0.3, -0.25) is 10.1 Å². The number of nitrogens with zero attached hydrogens (tertiary/aromatic N) is 2. The van der Waals surface area contributed by atoms with Crippen LogP contribution < -0.4 is 0 Å². The summed E-state index contributed by atoms with van der Waals surface area (Å²) in [5.74, 6) is -0.0998. The molecule has 0 atom stereocenters. The van der Waals surface area contributed by atoms with Gasteiger partial charge in [0.15, 0.2) is 12.2 Å². The van der Waals surface area contributed by atoms with Gasteiger partial charge in [0.1, 0.15) is 0 Å². The lowest BCUT2D eigenvalue weighted by molar-refractivity contribution is -0.385. The summed E-state index contributed by atoms with van der Waals surface area (Å²) < 4.78 is 43.2. The maximum absolute atomic E-state index is 12.8. The number of nitro groups is 1. The molecule has 0 fully saturated rings. The van der Waals surface area contributed by atoms with Gasteiger partial charge in [-0.2, -0.15) is 13.2 Å². The van der Waals surface area contributed by atoms with E-state index in [0.29, 0.717) is 6.07 Å². The van der Waals surface area contributed by atoms with Crippen molar-refractivity contribution in [3.05, 3.63) is 46.5 Å². The largest absolute Gasteiger partial charge is 0.444 e. The summed E-state index contributed by atoms with van der Waals surface area (Å²) in [6.07, 6.45) is -2.62. The lowest BCUT2D eigenvalue weighted by Gasteiger charge is -2.10. The van der Waals surface area contributed by atoms with Gasteiger partial charge in [-0.15, -0.1) is 0 Å². The molecule has 2 aromatic rings. The van der Waals surface area contributed by atoms with Crippen LogP contribution in [0.15, 0.2) is 35.2 Å². The Morgan fingerprint density at radius 1 is 1.33 bits per heavy atom. The zero-order valence-corrected chi connectivity index (χ0v) is 8.64. The highest BCUT2D eigenvalue weighted by molar-refractivity contribution is 5.64. The molecule has 1 aromatic carbocycles. The van der Waals surface area contributed by atoms with Crippen molar-refractivity contribution >= 4 is 5.69 Å². The number of hydrogen-bond acceptors (Lipinski definition) is 4. The molecule has 0 amide bonds. The minimum absolute atomic E-state index is 0.0998. The van der Waals surface area contributed by atoms with Crippen molar-refractivity contribution in [1.29, 1.82) is 0 Å². The second kappa shape index (κ2) is 4.13. The van der Waals surface area contributed by atoms with E-state index in [1.54, 1.807) is 0 Å². The van der Waals surface area contributed by atoms with Crippen molar-refractivity contribution < 1.29 is 22.5 Å². The average Bonchev–Trinajstić information content (AvgIpc) is 2.80. The van der Waals surface area contributed by atoms with E-state index >= 15 is 0 Å². The van der Waals surface area contributed by atoms with E-state index < -0.39 is 22.4 Å². The summed E-state index contributed by atoms with van der Waals surface area (Å²) in [6, 6.07) is 2.44. The van der Waals surface area contributed by atoms with Gasteiger partial charge in [0.2, 0.25) is 0 Å². The van der Waals surface area contributed by atoms with Crippen LogP contribution in [-0.2, 0) is 6.18 Å². The van der Waals surface area contributed by atoms with E-state index in [2.05, 4.69) is 4.98 Å². The van der Waals surface area contributed by atoms with Crippen LogP contribution in [0.2, 0.25) is 0 Å². The lowest BCUT2D eigenvalue weighted by atomic mass is 10.0. The number of alkyl halides is 3. The monoisotopic (exact) mass is 258 g/mol. The Labute approximate surface area is 98.0 Å². The Morgan fingerprint density at radius 2 is 2.06 bits per heavy atom. The molecule has 2 rings (SSSR count). The fourth-order valence-corrected chi connectivity index (χ4v) is 1.44. The molecule has 0 N–H and O–H groups in total. The second-order valence-corrected chi connectivity index (χ2v) is 3.35. The predicted molar refractivity (Wildman–Crippen MR) is 53.6 cm³/mol. The molecule has 0 radical (unpaired) electrons. The zero-order chi connectivity index (χ0) is 13.3. The summed E-state index contributed by atoms with van der Waals surface area (Å²) in [5, 5.41) is 10.5. The molecule has 1 heterocycles. The van der Waals surface area contributed by atoms with E-state index in [0.717, 1.165) is 24.7 Å². The predicted octanol–water partition coefficient (Wildman–Crippen LogP) is 3.27. The van der Waals surface area contributed by atoms with Crippen LogP contribution in [0.5, 0.6) is 0 Å². The lowest BCUT2D eigenvalue weighted by Crippen LogP contribution is -2.07. The molecule has 0 aliphatic heterocycles. The molecule has 0 bridgehead atoms.